The minimum absolute atomic E-state index is 1.00. The van der Waals surface area contributed by atoms with E-state index in [1.54, 1.807) is 0 Å². The molecule has 68 valence electrons. The zero-order chi connectivity index (χ0) is 8.69. The standard InChI is InChI=1S/C9H18.CH4O/c1-8-5-3-4-6-9(2)7-8;1-2/h8-9H,3-7H2,1-2H3;2H,1H3. The number of rotatable bonds is 0. The average molecular weight is 158 g/mol. The van der Waals surface area contributed by atoms with Crippen LogP contribution in [0.2, 0.25) is 0 Å². The van der Waals surface area contributed by atoms with E-state index < -0.39 is 0 Å². The third kappa shape index (κ3) is 5.25. The van der Waals surface area contributed by atoms with Gasteiger partial charge in [0.05, 0.1) is 0 Å². The Morgan fingerprint density at radius 2 is 1.27 bits per heavy atom. The van der Waals surface area contributed by atoms with E-state index in [1.807, 2.05) is 0 Å². The first-order chi connectivity index (χ1) is 5.29. The van der Waals surface area contributed by atoms with Gasteiger partial charge in [-0.2, -0.15) is 0 Å². The molecule has 1 saturated carbocycles. The molecule has 1 heteroatoms. The highest BCUT2D eigenvalue weighted by atomic mass is 16.2. The van der Waals surface area contributed by atoms with Crippen LogP contribution >= 0.6 is 0 Å². The lowest BCUT2D eigenvalue weighted by atomic mass is 9.97. The Bertz CT molecular complexity index is 70.9. The van der Waals surface area contributed by atoms with Gasteiger partial charge in [0, 0.05) is 7.11 Å². The van der Waals surface area contributed by atoms with Gasteiger partial charge in [-0.25, -0.2) is 0 Å². The van der Waals surface area contributed by atoms with Crippen LogP contribution < -0.4 is 0 Å². The zero-order valence-corrected chi connectivity index (χ0v) is 8.14. The third-order valence-electron chi connectivity index (χ3n) is 2.45. The van der Waals surface area contributed by atoms with Crippen LogP contribution in [0.1, 0.15) is 46.0 Å². The predicted molar refractivity (Wildman–Crippen MR) is 49.6 cm³/mol. The van der Waals surface area contributed by atoms with Gasteiger partial charge in [-0.05, 0) is 18.3 Å². The van der Waals surface area contributed by atoms with Gasteiger partial charge in [0.2, 0.25) is 0 Å². The van der Waals surface area contributed by atoms with Crippen LogP contribution in [0, 0.1) is 11.8 Å². The lowest BCUT2D eigenvalue weighted by Gasteiger charge is -2.09. The molecule has 11 heavy (non-hydrogen) atoms. The Labute approximate surface area is 70.8 Å². The second kappa shape index (κ2) is 6.66. The number of hydrogen-bond donors (Lipinski definition) is 1. The Kier molecular flexibility index (Phi) is 6.63. The summed E-state index contributed by atoms with van der Waals surface area (Å²) in [5, 5.41) is 7.00. The molecule has 1 fully saturated rings. The molecule has 0 heterocycles. The van der Waals surface area contributed by atoms with Crippen LogP contribution in [0.25, 0.3) is 0 Å². The first-order valence-electron chi connectivity index (χ1n) is 4.73. The molecule has 0 aliphatic heterocycles. The molecule has 1 nitrogen and oxygen atoms in total. The quantitative estimate of drug-likeness (QED) is 0.537. The summed E-state index contributed by atoms with van der Waals surface area (Å²) < 4.78 is 0. The van der Waals surface area contributed by atoms with E-state index in [9.17, 15) is 0 Å². The maximum Gasteiger partial charge on any atom is 0.0319 e. The molecule has 0 aromatic heterocycles. The van der Waals surface area contributed by atoms with Gasteiger partial charge in [0.1, 0.15) is 0 Å². The highest BCUT2D eigenvalue weighted by molar-refractivity contribution is 4.64. The highest BCUT2D eigenvalue weighted by Crippen LogP contribution is 2.26. The van der Waals surface area contributed by atoms with E-state index in [0.717, 1.165) is 18.9 Å². The normalized spacial score (nSPS) is 31.6. The van der Waals surface area contributed by atoms with Crippen molar-refractivity contribution in [2.24, 2.45) is 11.8 Å². The van der Waals surface area contributed by atoms with E-state index in [1.165, 1.54) is 32.1 Å². The Morgan fingerprint density at radius 1 is 0.909 bits per heavy atom. The molecule has 1 N–H and O–H groups in total. The van der Waals surface area contributed by atoms with E-state index in [4.69, 9.17) is 5.11 Å². The van der Waals surface area contributed by atoms with Crippen molar-refractivity contribution in [1.29, 1.82) is 0 Å². The summed E-state index contributed by atoms with van der Waals surface area (Å²) in [5.74, 6) is 2.00. The summed E-state index contributed by atoms with van der Waals surface area (Å²) in [6.07, 6.45) is 7.38. The molecular formula is C10H22O. The first-order valence-corrected chi connectivity index (χ1v) is 4.73. The summed E-state index contributed by atoms with van der Waals surface area (Å²) in [4.78, 5) is 0. The molecule has 1 rings (SSSR count). The van der Waals surface area contributed by atoms with Gasteiger partial charge in [-0.3, -0.25) is 0 Å². The minimum Gasteiger partial charge on any atom is -0.400 e. The molecule has 2 unspecified atom stereocenters. The fraction of sp³-hybridized carbons (Fsp3) is 1.00. The molecule has 0 spiro atoms. The van der Waals surface area contributed by atoms with Crippen molar-refractivity contribution in [1.82, 2.24) is 0 Å². The second-order valence-electron chi connectivity index (χ2n) is 3.73. The molecule has 0 radical (unpaired) electrons. The van der Waals surface area contributed by atoms with Crippen molar-refractivity contribution in [3.63, 3.8) is 0 Å². The largest absolute Gasteiger partial charge is 0.400 e. The van der Waals surface area contributed by atoms with Crippen molar-refractivity contribution >= 4 is 0 Å². The summed E-state index contributed by atoms with van der Waals surface area (Å²) in [5.41, 5.74) is 0. The predicted octanol–water partition coefficient (Wildman–Crippen LogP) is 2.83. The third-order valence-corrected chi connectivity index (χ3v) is 2.45. The van der Waals surface area contributed by atoms with Crippen molar-refractivity contribution in [3.8, 4) is 0 Å². The summed E-state index contributed by atoms with van der Waals surface area (Å²) >= 11 is 0. The Hall–Kier alpha value is -0.0400. The molecule has 0 saturated heterocycles. The van der Waals surface area contributed by atoms with Gasteiger partial charge in [-0.15, -0.1) is 0 Å². The monoisotopic (exact) mass is 158 g/mol. The van der Waals surface area contributed by atoms with Gasteiger partial charge in [0.15, 0.2) is 0 Å². The van der Waals surface area contributed by atoms with Gasteiger partial charge in [0.25, 0.3) is 0 Å². The number of hydrogen-bond acceptors (Lipinski definition) is 1. The lowest BCUT2D eigenvalue weighted by Crippen LogP contribution is -1.97. The van der Waals surface area contributed by atoms with E-state index >= 15 is 0 Å². The van der Waals surface area contributed by atoms with Crippen LogP contribution in [-0.4, -0.2) is 12.2 Å². The molecule has 1 aliphatic rings. The van der Waals surface area contributed by atoms with Crippen molar-refractivity contribution < 1.29 is 5.11 Å². The molecule has 0 aromatic carbocycles. The van der Waals surface area contributed by atoms with Crippen LogP contribution in [0.15, 0.2) is 0 Å². The van der Waals surface area contributed by atoms with E-state index in [2.05, 4.69) is 13.8 Å². The smallest absolute Gasteiger partial charge is 0.0319 e. The Balaban J connectivity index is 0.000000461. The fourth-order valence-electron chi connectivity index (χ4n) is 1.91. The SMILES string of the molecule is CC1CCCCC(C)C1.CO. The molecular weight excluding hydrogens is 136 g/mol. The maximum atomic E-state index is 7.00. The number of aliphatic hydroxyl groups is 1. The molecule has 0 aromatic rings. The van der Waals surface area contributed by atoms with Crippen LogP contribution in [-0.2, 0) is 0 Å². The number of aliphatic hydroxyl groups excluding tert-OH is 1. The highest BCUT2D eigenvalue weighted by Gasteiger charge is 2.12. The van der Waals surface area contributed by atoms with Gasteiger partial charge in [-0.1, -0.05) is 39.5 Å². The van der Waals surface area contributed by atoms with Gasteiger partial charge >= 0.3 is 0 Å². The van der Waals surface area contributed by atoms with E-state index in [-0.39, 0.29) is 0 Å². The van der Waals surface area contributed by atoms with Crippen LogP contribution in [0.3, 0.4) is 0 Å². The molecule has 2 atom stereocenters. The Morgan fingerprint density at radius 3 is 1.64 bits per heavy atom. The molecule has 0 bridgehead atoms. The topological polar surface area (TPSA) is 20.2 Å². The lowest BCUT2D eigenvalue weighted by molar-refractivity contribution is 0.399. The summed E-state index contributed by atoms with van der Waals surface area (Å²) in [6, 6.07) is 0. The van der Waals surface area contributed by atoms with Crippen molar-refractivity contribution in [2.45, 2.75) is 46.0 Å². The zero-order valence-electron chi connectivity index (χ0n) is 8.14. The van der Waals surface area contributed by atoms with Crippen LogP contribution in [0.5, 0.6) is 0 Å². The van der Waals surface area contributed by atoms with Crippen molar-refractivity contribution in [3.05, 3.63) is 0 Å². The van der Waals surface area contributed by atoms with Gasteiger partial charge < -0.3 is 5.11 Å². The van der Waals surface area contributed by atoms with Crippen LogP contribution in [0.4, 0.5) is 0 Å². The molecule has 0 amide bonds. The second-order valence-corrected chi connectivity index (χ2v) is 3.73. The van der Waals surface area contributed by atoms with E-state index in [0.29, 0.717) is 0 Å². The average Bonchev–Trinajstić information content (AvgIpc) is 2.18. The fourth-order valence-corrected chi connectivity index (χ4v) is 1.91. The summed E-state index contributed by atoms with van der Waals surface area (Å²) in [7, 11) is 1.00. The first kappa shape index (κ1) is 11.0. The molecule has 1 aliphatic carbocycles. The minimum atomic E-state index is 1.00. The van der Waals surface area contributed by atoms with Crippen molar-refractivity contribution in [2.75, 3.05) is 7.11 Å². The summed E-state index contributed by atoms with van der Waals surface area (Å²) in [6.45, 7) is 4.78. The maximum absolute atomic E-state index is 7.00.